The second kappa shape index (κ2) is 10.1. The molecule has 1 amide bonds. The number of non-ortho nitro benzene ring substituents is 1. The Morgan fingerprint density at radius 3 is 2.29 bits per heavy atom. The third-order valence-electron chi connectivity index (χ3n) is 4.14. The predicted molar refractivity (Wildman–Crippen MR) is 103 cm³/mol. The third-order valence-corrected chi connectivity index (χ3v) is 4.14. The normalized spacial score (nSPS) is 11.4. The van der Waals surface area contributed by atoms with Gasteiger partial charge < -0.3 is 14.8 Å². The Balaban J connectivity index is 1.73. The molecule has 0 bridgehead atoms. The predicted octanol–water partition coefficient (Wildman–Crippen LogP) is 3.67. The summed E-state index contributed by atoms with van der Waals surface area (Å²) in [6.45, 7) is 3.40. The van der Waals surface area contributed by atoms with Gasteiger partial charge in [-0.05, 0) is 42.2 Å². The summed E-state index contributed by atoms with van der Waals surface area (Å²) in [6.07, 6.45) is 1.03. The fourth-order valence-corrected chi connectivity index (χ4v) is 2.32. The van der Waals surface area contributed by atoms with Crippen molar-refractivity contribution in [2.45, 2.75) is 26.2 Å². The zero-order valence-electron chi connectivity index (χ0n) is 15.7. The summed E-state index contributed by atoms with van der Waals surface area (Å²) in [5, 5.41) is 13.2. The second-order valence-corrected chi connectivity index (χ2v) is 6.18. The first-order valence-electron chi connectivity index (χ1n) is 8.81. The number of esters is 1. The van der Waals surface area contributed by atoms with Crippen LogP contribution in [0.3, 0.4) is 0 Å². The highest BCUT2D eigenvalue weighted by atomic mass is 16.6. The van der Waals surface area contributed by atoms with Gasteiger partial charge in [-0.1, -0.05) is 26.0 Å². The van der Waals surface area contributed by atoms with Crippen LogP contribution in [0.1, 0.15) is 31.7 Å². The SMILES string of the molecule is CC[C@H](C)c1ccc(NC(=O)COC(=O)COc2ccc([N+](=O)[O-])cc2)cc1. The summed E-state index contributed by atoms with van der Waals surface area (Å²) in [7, 11) is 0. The zero-order valence-corrected chi connectivity index (χ0v) is 15.7. The van der Waals surface area contributed by atoms with Crippen LogP contribution in [0, 0.1) is 10.1 Å². The number of hydrogen-bond donors (Lipinski definition) is 1. The zero-order chi connectivity index (χ0) is 20.5. The lowest BCUT2D eigenvalue weighted by molar-refractivity contribution is -0.384. The van der Waals surface area contributed by atoms with Crippen molar-refractivity contribution in [2.75, 3.05) is 18.5 Å². The molecule has 1 atom stereocenters. The molecular weight excluding hydrogens is 364 g/mol. The van der Waals surface area contributed by atoms with Gasteiger partial charge in [0.1, 0.15) is 5.75 Å². The molecule has 2 rings (SSSR count). The van der Waals surface area contributed by atoms with Crippen LogP contribution in [-0.4, -0.2) is 30.0 Å². The van der Waals surface area contributed by atoms with Crippen molar-refractivity contribution in [3.8, 4) is 5.75 Å². The molecular formula is C20H22N2O6. The van der Waals surface area contributed by atoms with Crippen molar-refractivity contribution in [2.24, 2.45) is 0 Å². The Morgan fingerprint density at radius 2 is 1.71 bits per heavy atom. The number of carbonyl (C=O) groups is 2. The average molecular weight is 386 g/mol. The Bertz CT molecular complexity index is 818. The summed E-state index contributed by atoms with van der Waals surface area (Å²) >= 11 is 0. The lowest BCUT2D eigenvalue weighted by Gasteiger charge is -2.11. The van der Waals surface area contributed by atoms with E-state index in [-0.39, 0.29) is 11.4 Å². The molecule has 28 heavy (non-hydrogen) atoms. The van der Waals surface area contributed by atoms with E-state index >= 15 is 0 Å². The van der Waals surface area contributed by atoms with Crippen molar-refractivity contribution < 1.29 is 24.0 Å². The summed E-state index contributed by atoms with van der Waals surface area (Å²) in [5.41, 5.74) is 1.73. The highest BCUT2D eigenvalue weighted by Gasteiger charge is 2.10. The standard InChI is InChI=1S/C20H22N2O6/c1-3-14(2)15-4-6-16(7-5-15)21-19(23)12-28-20(24)13-27-18-10-8-17(9-11-18)22(25)26/h4-11,14H,3,12-13H2,1-2H3,(H,21,23)/t14-/m0/s1. The lowest BCUT2D eigenvalue weighted by atomic mass is 9.99. The minimum atomic E-state index is -0.722. The first-order chi connectivity index (χ1) is 13.4. The van der Waals surface area contributed by atoms with Crippen molar-refractivity contribution in [3.05, 3.63) is 64.2 Å². The van der Waals surface area contributed by atoms with Crippen LogP contribution in [0.5, 0.6) is 5.75 Å². The number of benzene rings is 2. The van der Waals surface area contributed by atoms with Crippen LogP contribution in [-0.2, 0) is 14.3 Å². The molecule has 0 heterocycles. The van der Waals surface area contributed by atoms with Gasteiger partial charge in [0.15, 0.2) is 13.2 Å². The molecule has 0 radical (unpaired) electrons. The van der Waals surface area contributed by atoms with E-state index in [9.17, 15) is 19.7 Å². The fraction of sp³-hybridized carbons (Fsp3) is 0.300. The van der Waals surface area contributed by atoms with Crippen molar-refractivity contribution >= 4 is 23.3 Å². The van der Waals surface area contributed by atoms with Gasteiger partial charge in [-0.3, -0.25) is 14.9 Å². The minimum absolute atomic E-state index is 0.0798. The molecule has 0 spiro atoms. The van der Waals surface area contributed by atoms with Crippen LogP contribution in [0.4, 0.5) is 11.4 Å². The molecule has 0 saturated carbocycles. The summed E-state index contributed by atoms with van der Waals surface area (Å²) in [5.74, 6) is -0.449. The van der Waals surface area contributed by atoms with Gasteiger partial charge in [0.2, 0.25) is 0 Å². The Hall–Kier alpha value is -3.42. The molecule has 0 aliphatic heterocycles. The fourth-order valence-electron chi connectivity index (χ4n) is 2.32. The van der Waals surface area contributed by atoms with E-state index in [1.165, 1.54) is 29.8 Å². The Labute approximate surface area is 162 Å². The molecule has 0 aliphatic carbocycles. The molecule has 1 N–H and O–H groups in total. The van der Waals surface area contributed by atoms with Gasteiger partial charge in [-0.25, -0.2) is 4.79 Å². The number of nitro groups is 1. The lowest BCUT2D eigenvalue weighted by Crippen LogP contribution is -2.23. The first kappa shape index (κ1) is 20.9. The van der Waals surface area contributed by atoms with Gasteiger partial charge in [0.25, 0.3) is 11.6 Å². The van der Waals surface area contributed by atoms with Crippen LogP contribution in [0.15, 0.2) is 48.5 Å². The largest absolute Gasteiger partial charge is 0.482 e. The highest BCUT2D eigenvalue weighted by molar-refractivity contribution is 5.92. The second-order valence-electron chi connectivity index (χ2n) is 6.18. The molecule has 8 heteroatoms. The maximum Gasteiger partial charge on any atom is 0.344 e. The minimum Gasteiger partial charge on any atom is -0.482 e. The van der Waals surface area contributed by atoms with E-state index in [0.29, 0.717) is 11.6 Å². The number of amides is 1. The number of carbonyl (C=O) groups excluding carboxylic acids is 2. The van der Waals surface area contributed by atoms with Gasteiger partial charge in [0, 0.05) is 17.8 Å². The topological polar surface area (TPSA) is 108 Å². The number of rotatable bonds is 9. The third kappa shape index (κ3) is 6.39. The average Bonchev–Trinajstić information content (AvgIpc) is 2.71. The Kier molecular flexibility index (Phi) is 7.50. The van der Waals surface area contributed by atoms with Crippen LogP contribution >= 0.6 is 0 Å². The molecule has 2 aromatic rings. The number of nitrogens with zero attached hydrogens (tertiary/aromatic N) is 1. The molecule has 0 aliphatic rings. The number of ether oxygens (including phenoxy) is 2. The van der Waals surface area contributed by atoms with Gasteiger partial charge >= 0.3 is 5.97 Å². The first-order valence-corrected chi connectivity index (χ1v) is 8.81. The van der Waals surface area contributed by atoms with E-state index in [0.717, 1.165) is 6.42 Å². The molecule has 0 saturated heterocycles. The van der Waals surface area contributed by atoms with Crippen molar-refractivity contribution in [1.29, 1.82) is 0 Å². The van der Waals surface area contributed by atoms with Gasteiger partial charge in [-0.15, -0.1) is 0 Å². The van der Waals surface area contributed by atoms with E-state index in [2.05, 4.69) is 19.2 Å². The van der Waals surface area contributed by atoms with Crippen LogP contribution in [0.25, 0.3) is 0 Å². The molecule has 8 nitrogen and oxygen atoms in total. The number of hydrogen-bond acceptors (Lipinski definition) is 6. The molecule has 2 aromatic carbocycles. The van der Waals surface area contributed by atoms with E-state index < -0.39 is 30.0 Å². The molecule has 0 unspecified atom stereocenters. The quantitative estimate of drug-likeness (QED) is 0.400. The molecule has 0 fully saturated rings. The Morgan fingerprint density at radius 1 is 1.07 bits per heavy atom. The van der Waals surface area contributed by atoms with Gasteiger partial charge in [0.05, 0.1) is 4.92 Å². The summed E-state index contributed by atoms with van der Waals surface area (Å²) in [6, 6.07) is 12.8. The molecule has 148 valence electrons. The number of nitrogens with one attached hydrogen (secondary N) is 1. The van der Waals surface area contributed by atoms with E-state index in [1.54, 1.807) is 12.1 Å². The number of anilines is 1. The van der Waals surface area contributed by atoms with Crippen LogP contribution < -0.4 is 10.1 Å². The van der Waals surface area contributed by atoms with Crippen molar-refractivity contribution in [3.63, 3.8) is 0 Å². The van der Waals surface area contributed by atoms with E-state index in [4.69, 9.17) is 9.47 Å². The summed E-state index contributed by atoms with van der Waals surface area (Å²) < 4.78 is 10.0. The number of nitro benzene ring substituents is 1. The monoisotopic (exact) mass is 386 g/mol. The van der Waals surface area contributed by atoms with Gasteiger partial charge in [-0.2, -0.15) is 0 Å². The smallest absolute Gasteiger partial charge is 0.344 e. The molecule has 0 aromatic heterocycles. The maximum atomic E-state index is 11.9. The van der Waals surface area contributed by atoms with Crippen LogP contribution in [0.2, 0.25) is 0 Å². The van der Waals surface area contributed by atoms with Crippen molar-refractivity contribution in [1.82, 2.24) is 0 Å². The summed E-state index contributed by atoms with van der Waals surface area (Å²) in [4.78, 5) is 33.6. The highest BCUT2D eigenvalue weighted by Crippen LogP contribution is 2.20. The van der Waals surface area contributed by atoms with E-state index in [1.807, 2.05) is 12.1 Å². The maximum absolute atomic E-state index is 11.9.